The predicted molar refractivity (Wildman–Crippen MR) is 125 cm³/mol. The van der Waals surface area contributed by atoms with Gasteiger partial charge in [0.2, 0.25) is 5.91 Å². The maximum atomic E-state index is 13.3. The van der Waals surface area contributed by atoms with E-state index in [9.17, 15) is 9.59 Å². The molecular weight excluding hydrogens is 450 g/mol. The highest BCUT2D eigenvalue weighted by molar-refractivity contribution is 7.12. The van der Waals surface area contributed by atoms with Crippen LogP contribution in [0.2, 0.25) is 5.02 Å². The number of anilines is 1. The summed E-state index contributed by atoms with van der Waals surface area (Å²) in [4.78, 5) is 37.8. The van der Waals surface area contributed by atoms with Crippen molar-refractivity contribution in [1.29, 1.82) is 0 Å². The number of thiophene rings is 1. The van der Waals surface area contributed by atoms with Crippen LogP contribution in [0.15, 0.2) is 36.0 Å². The second-order valence-electron chi connectivity index (χ2n) is 7.63. The van der Waals surface area contributed by atoms with Gasteiger partial charge in [0, 0.05) is 36.5 Å². The van der Waals surface area contributed by atoms with Crippen molar-refractivity contribution in [3.63, 3.8) is 0 Å². The molecule has 2 aromatic heterocycles. The summed E-state index contributed by atoms with van der Waals surface area (Å²) in [6.45, 7) is 3.26. The highest BCUT2D eigenvalue weighted by Gasteiger charge is 2.36. The Morgan fingerprint density at radius 2 is 2.16 bits per heavy atom. The van der Waals surface area contributed by atoms with Crippen molar-refractivity contribution >= 4 is 51.5 Å². The Morgan fingerprint density at radius 3 is 2.91 bits per heavy atom. The lowest BCUT2D eigenvalue weighted by Crippen LogP contribution is -2.59. The monoisotopic (exact) mass is 473 g/mol. The van der Waals surface area contributed by atoms with Crippen LogP contribution in [0.3, 0.4) is 0 Å². The van der Waals surface area contributed by atoms with Gasteiger partial charge in [0.25, 0.3) is 5.91 Å². The summed E-state index contributed by atoms with van der Waals surface area (Å²) in [5.74, 6) is 0.187. The third kappa shape index (κ3) is 4.78. The Hall–Kier alpha value is -2.91. The van der Waals surface area contributed by atoms with Crippen LogP contribution in [0.4, 0.5) is 5.82 Å². The summed E-state index contributed by atoms with van der Waals surface area (Å²) in [6.07, 6.45) is 2.83. The molecule has 0 spiro atoms. The van der Waals surface area contributed by atoms with E-state index in [0.717, 1.165) is 22.9 Å². The minimum atomic E-state index is -0.491. The van der Waals surface area contributed by atoms with E-state index in [1.807, 2.05) is 25.1 Å². The molecule has 0 bridgehead atoms. The van der Waals surface area contributed by atoms with E-state index in [2.05, 4.69) is 9.97 Å². The maximum Gasteiger partial charge on any atom is 0.261 e. The Balaban J connectivity index is 1.44. The number of carbonyl (C=O) groups excluding carboxylic acids is 2. The molecule has 10 heteroatoms. The third-order valence-corrected chi connectivity index (χ3v) is 6.64. The summed E-state index contributed by atoms with van der Waals surface area (Å²) < 4.78 is 5.57. The van der Waals surface area contributed by atoms with Gasteiger partial charge in [-0.05, 0) is 24.1 Å². The van der Waals surface area contributed by atoms with Crippen LogP contribution in [0.5, 0.6) is 5.06 Å². The number of ether oxygens (including phenoxy) is 1. The second-order valence-corrected chi connectivity index (χ2v) is 8.94. The summed E-state index contributed by atoms with van der Waals surface area (Å²) in [7, 11) is 0. The van der Waals surface area contributed by atoms with Crippen LogP contribution in [-0.2, 0) is 16.1 Å². The molecule has 3 heterocycles. The summed E-state index contributed by atoms with van der Waals surface area (Å²) >= 11 is 7.24. The molecule has 3 aromatic rings. The molecule has 0 saturated carbocycles. The number of nitrogen functional groups attached to an aromatic ring is 1. The quantitative estimate of drug-likeness (QED) is 0.564. The smallest absolute Gasteiger partial charge is 0.261 e. The fourth-order valence-electron chi connectivity index (χ4n) is 3.88. The first-order chi connectivity index (χ1) is 15.5. The van der Waals surface area contributed by atoms with E-state index < -0.39 is 6.04 Å². The van der Waals surface area contributed by atoms with E-state index in [-0.39, 0.29) is 18.4 Å². The highest BCUT2D eigenvalue weighted by atomic mass is 35.5. The number of aromatic nitrogens is 2. The van der Waals surface area contributed by atoms with Gasteiger partial charge in [0.05, 0.1) is 10.5 Å². The molecule has 0 aliphatic carbocycles. The molecule has 2 amide bonds. The first-order valence-electron chi connectivity index (χ1n) is 10.4. The number of fused-ring (bicyclic) bond motifs is 1. The van der Waals surface area contributed by atoms with Crippen molar-refractivity contribution in [2.75, 3.05) is 25.4 Å². The lowest BCUT2D eigenvalue weighted by molar-refractivity contribution is -0.153. The third-order valence-electron chi connectivity index (χ3n) is 5.45. The fourth-order valence-corrected chi connectivity index (χ4v) is 4.79. The first kappa shape index (κ1) is 22.3. The van der Waals surface area contributed by atoms with Crippen LogP contribution >= 0.6 is 22.9 Å². The van der Waals surface area contributed by atoms with Gasteiger partial charge in [-0.3, -0.25) is 9.59 Å². The second kappa shape index (κ2) is 9.70. The number of nitrogens with two attached hydrogens (primary N) is 1. The molecule has 4 rings (SSSR count). The van der Waals surface area contributed by atoms with Crippen molar-refractivity contribution in [1.82, 2.24) is 19.8 Å². The summed E-state index contributed by atoms with van der Waals surface area (Å²) in [5, 5.41) is 3.69. The van der Waals surface area contributed by atoms with Gasteiger partial charge < -0.3 is 20.3 Å². The molecule has 2 N–H and O–H groups in total. The van der Waals surface area contributed by atoms with Crippen LogP contribution in [-0.4, -0.2) is 57.3 Å². The molecule has 0 radical (unpaired) electrons. The van der Waals surface area contributed by atoms with Gasteiger partial charge in [-0.1, -0.05) is 31.0 Å². The molecular formula is C22H24ClN5O3S. The normalized spacial score (nSPS) is 16.6. The zero-order valence-electron chi connectivity index (χ0n) is 17.7. The van der Waals surface area contributed by atoms with Gasteiger partial charge >= 0.3 is 0 Å². The molecule has 168 valence electrons. The molecule has 1 atom stereocenters. The average molecular weight is 474 g/mol. The van der Waals surface area contributed by atoms with Crippen LogP contribution in [0.1, 0.15) is 25.3 Å². The molecule has 1 aromatic carbocycles. The standard InChI is InChI=1S/C22H24ClN5O3S/c1-2-3-18-22(30)27(10-14-4-5-16-17(8-14)25-13-26-21(16)24)6-7-28(18)19(29)11-31-20-9-15(23)12-32-20/h4-5,8-9,12-13,18H,2-3,6-7,10-11H2,1H3,(H2,24,25,26). The Labute approximate surface area is 194 Å². The number of carbonyl (C=O) groups is 2. The Kier molecular flexibility index (Phi) is 6.76. The minimum Gasteiger partial charge on any atom is -0.474 e. The Morgan fingerprint density at radius 1 is 1.31 bits per heavy atom. The molecule has 1 aliphatic heterocycles. The summed E-state index contributed by atoms with van der Waals surface area (Å²) in [6, 6.07) is 6.92. The van der Waals surface area contributed by atoms with Crippen molar-refractivity contribution < 1.29 is 14.3 Å². The number of benzene rings is 1. The molecule has 1 aliphatic rings. The van der Waals surface area contributed by atoms with Gasteiger partial charge in [-0.25, -0.2) is 9.97 Å². The maximum absolute atomic E-state index is 13.3. The summed E-state index contributed by atoms with van der Waals surface area (Å²) in [5.41, 5.74) is 7.60. The van der Waals surface area contributed by atoms with Crippen LogP contribution in [0, 0.1) is 0 Å². The number of hydrogen-bond donors (Lipinski definition) is 1. The number of halogens is 1. The van der Waals surface area contributed by atoms with Gasteiger partial charge in [0.1, 0.15) is 18.2 Å². The van der Waals surface area contributed by atoms with E-state index in [1.165, 1.54) is 17.7 Å². The number of nitrogens with zero attached hydrogens (tertiary/aromatic N) is 4. The average Bonchev–Trinajstić information content (AvgIpc) is 3.20. The van der Waals surface area contributed by atoms with Crippen LogP contribution < -0.4 is 10.5 Å². The van der Waals surface area contributed by atoms with Crippen molar-refractivity contribution in [3.8, 4) is 5.06 Å². The van der Waals surface area contributed by atoms with E-state index in [0.29, 0.717) is 42.0 Å². The Bertz CT molecular complexity index is 1140. The fraction of sp³-hybridized carbons (Fsp3) is 0.364. The van der Waals surface area contributed by atoms with E-state index >= 15 is 0 Å². The zero-order valence-corrected chi connectivity index (χ0v) is 19.2. The van der Waals surface area contributed by atoms with Gasteiger partial charge in [0.15, 0.2) is 11.7 Å². The predicted octanol–water partition coefficient (Wildman–Crippen LogP) is 3.35. The van der Waals surface area contributed by atoms with E-state index in [1.54, 1.807) is 21.2 Å². The van der Waals surface area contributed by atoms with Gasteiger partial charge in [-0.2, -0.15) is 0 Å². The van der Waals surface area contributed by atoms with E-state index in [4.69, 9.17) is 22.1 Å². The van der Waals surface area contributed by atoms with Crippen molar-refractivity contribution in [2.24, 2.45) is 0 Å². The largest absolute Gasteiger partial charge is 0.474 e. The SMILES string of the molecule is CCCC1C(=O)N(Cc2ccc3c(N)ncnc3c2)CCN1C(=O)COc1cc(Cl)cs1. The topological polar surface area (TPSA) is 102 Å². The molecule has 1 unspecified atom stereocenters. The molecule has 8 nitrogen and oxygen atoms in total. The number of rotatable bonds is 7. The molecule has 1 fully saturated rings. The highest BCUT2D eigenvalue weighted by Crippen LogP contribution is 2.27. The zero-order chi connectivity index (χ0) is 22.7. The van der Waals surface area contributed by atoms with Crippen molar-refractivity contribution in [3.05, 3.63) is 46.6 Å². The number of piperazine rings is 1. The lowest BCUT2D eigenvalue weighted by Gasteiger charge is -2.40. The van der Waals surface area contributed by atoms with Crippen LogP contribution in [0.25, 0.3) is 10.9 Å². The molecule has 1 saturated heterocycles. The van der Waals surface area contributed by atoms with Crippen molar-refractivity contribution in [2.45, 2.75) is 32.4 Å². The van der Waals surface area contributed by atoms with Gasteiger partial charge in [-0.15, -0.1) is 11.3 Å². The lowest BCUT2D eigenvalue weighted by atomic mass is 10.0. The molecule has 32 heavy (non-hydrogen) atoms. The number of hydrogen-bond acceptors (Lipinski definition) is 7. The minimum absolute atomic E-state index is 0.0482. The number of amides is 2. The first-order valence-corrected chi connectivity index (χ1v) is 11.7.